The molecule has 3 N–H and O–H groups in total. The molecule has 0 aliphatic rings. The lowest BCUT2D eigenvalue weighted by atomic mass is 10.2. The van der Waals surface area contributed by atoms with E-state index in [1.54, 1.807) is 12.1 Å². The van der Waals surface area contributed by atoms with E-state index >= 15 is 0 Å². The average molecular weight is 313 g/mol. The van der Waals surface area contributed by atoms with E-state index in [1.165, 1.54) is 0 Å². The van der Waals surface area contributed by atoms with Gasteiger partial charge in [-0.25, -0.2) is 4.98 Å². The smallest absolute Gasteiger partial charge is 0.133 e. The minimum Gasteiger partial charge on any atom is -0.399 e. The van der Waals surface area contributed by atoms with E-state index in [0.717, 1.165) is 10.0 Å². The molecule has 0 saturated heterocycles. The summed E-state index contributed by atoms with van der Waals surface area (Å²) in [6.07, 6.45) is 0. The maximum absolute atomic E-state index is 5.82. The van der Waals surface area contributed by atoms with E-state index in [-0.39, 0.29) is 0 Å². The molecular weight excluding hydrogens is 302 g/mol. The number of halogens is 2. The average Bonchev–Trinajstić information content (AvgIpc) is 2.27. The molecule has 2 aromatic rings. The highest BCUT2D eigenvalue weighted by molar-refractivity contribution is 9.10. The van der Waals surface area contributed by atoms with Gasteiger partial charge < -0.3 is 11.1 Å². The number of pyridine rings is 1. The number of aromatic nitrogens is 1. The van der Waals surface area contributed by atoms with Gasteiger partial charge in [-0.3, -0.25) is 0 Å². The van der Waals surface area contributed by atoms with Crippen molar-refractivity contribution in [3.05, 3.63) is 51.6 Å². The van der Waals surface area contributed by atoms with Gasteiger partial charge >= 0.3 is 0 Å². The molecule has 5 heteroatoms. The molecule has 1 heterocycles. The van der Waals surface area contributed by atoms with E-state index < -0.39 is 0 Å². The fourth-order valence-electron chi connectivity index (χ4n) is 1.43. The van der Waals surface area contributed by atoms with Crippen LogP contribution in [0.4, 0.5) is 11.5 Å². The molecule has 0 fully saturated rings. The fraction of sp³-hybridized carbons (Fsp3) is 0.0833. The Hall–Kier alpha value is -1.26. The highest BCUT2D eigenvalue weighted by Gasteiger charge is 2.01. The van der Waals surface area contributed by atoms with E-state index in [9.17, 15) is 0 Å². The zero-order chi connectivity index (χ0) is 12.3. The Labute approximate surface area is 113 Å². The maximum atomic E-state index is 5.82. The summed E-state index contributed by atoms with van der Waals surface area (Å²) in [4.78, 5) is 4.14. The summed E-state index contributed by atoms with van der Waals surface area (Å²) in [5.74, 6) is 0.672. The van der Waals surface area contributed by atoms with Crippen molar-refractivity contribution in [3.63, 3.8) is 0 Å². The molecule has 0 bridgehead atoms. The highest BCUT2D eigenvalue weighted by Crippen LogP contribution is 2.19. The first-order chi connectivity index (χ1) is 8.15. The summed E-state index contributed by atoms with van der Waals surface area (Å²) in [6, 6.07) is 11.4. The lowest BCUT2D eigenvalue weighted by Gasteiger charge is -2.08. The van der Waals surface area contributed by atoms with Crippen LogP contribution in [0.25, 0.3) is 0 Å². The predicted octanol–water partition coefficient (Wildman–Crippen LogP) is 3.69. The molecule has 0 atom stereocenters. The molecule has 0 unspecified atom stereocenters. The molecule has 1 aromatic carbocycles. The van der Waals surface area contributed by atoms with E-state index in [2.05, 4.69) is 26.2 Å². The van der Waals surface area contributed by atoms with Gasteiger partial charge in [-0.1, -0.05) is 45.7 Å². The van der Waals surface area contributed by atoms with Gasteiger partial charge in [0, 0.05) is 22.8 Å². The normalized spacial score (nSPS) is 10.2. The first-order valence-electron chi connectivity index (χ1n) is 5.05. The number of nitrogens with two attached hydrogens (primary N) is 1. The first-order valence-corrected chi connectivity index (χ1v) is 6.22. The van der Waals surface area contributed by atoms with Crippen molar-refractivity contribution >= 4 is 39.0 Å². The van der Waals surface area contributed by atoms with Gasteiger partial charge in [0.25, 0.3) is 0 Å². The van der Waals surface area contributed by atoms with Crippen LogP contribution in [0.3, 0.4) is 0 Å². The van der Waals surface area contributed by atoms with Crippen LogP contribution in [0.1, 0.15) is 5.56 Å². The zero-order valence-electron chi connectivity index (χ0n) is 8.95. The SMILES string of the molecule is Nc1cc(Cl)nc(NCc2ccccc2Br)c1. The Morgan fingerprint density at radius 3 is 2.76 bits per heavy atom. The van der Waals surface area contributed by atoms with Crippen molar-refractivity contribution in [2.24, 2.45) is 0 Å². The van der Waals surface area contributed by atoms with Crippen LogP contribution in [0.2, 0.25) is 5.15 Å². The molecule has 0 saturated carbocycles. The molecule has 17 heavy (non-hydrogen) atoms. The Morgan fingerprint density at radius 2 is 2.06 bits per heavy atom. The molecule has 3 nitrogen and oxygen atoms in total. The van der Waals surface area contributed by atoms with Gasteiger partial charge in [-0.15, -0.1) is 0 Å². The van der Waals surface area contributed by atoms with Crippen LogP contribution in [0.5, 0.6) is 0 Å². The number of anilines is 2. The van der Waals surface area contributed by atoms with Crippen LogP contribution in [0.15, 0.2) is 40.9 Å². The van der Waals surface area contributed by atoms with Crippen LogP contribution < -0.4 is 11.1 Å². The molecule has 0 radical (unpaired) electrons. The van der Waals surface area contributed by atoms with Crippen molar-refractivity contribution in [1.82, 2.24) is 4.98 Å². The summed E-state index contributed by atoms with van der Waals surface area (Å²) in [7, 11) is 0. The summed E-state index contributed by atoms with van der Waals surface area (Å²) in [5, 5.41) is 3.57. The van der Waals surface area contributed by atoms with Gasteiger partial charge in [0.15, 0.2) is 0 Å². The van der Waals surface area contributed by atoms with Gasteiger partial charge in [-0.05, 0) is 17.7 Å². The number of hydrogen-bond acceptors (Lipinski definition) is 3. The summed E-state index contributed by atoms with van der Waals surface area (Å²) in [5.41, 5.74) is 7.43. The van der Waals surface area contributed by atoms with E-state index in [4.69, 9.17) is 17.3 Å². The molecule has 1 aromatic heterocycles. The summed E-state index contributed by atoms with van der Waals surface area (Å²) >= 11 is 9.31. The zero-order valence-corrected chi connectivity index (χ0v) is 11.3. The van der Waals surface area contributed by atoms with Crippen molar-refractivity contribution in [3.8, 4) is 0 Å². The Kier molecular flexibility index (Phi) is 3.86. The number of rotatable bonds is 3. The molecule has 0 spiro atoms. The van der Waals surface area contributed by atoms with Crippen molar-refractivity contribution in [2.75, 3.05) is 11.1 Å². The van der Waals surface area contributed by atoms with Crippen LogP contribution in [0, 0.1) is 0 Å². The second kappa shape index (κ2) is 5.38. The van der Waals surface area contributed by atoms with Crippen LogP contribution in [-0.2, 0) is 6.54 Å². The van der Waals surface area contributed by atoms with Crippen molar-refractivity contribution in [2.45, 2.75) is 6.54 Å². The highest BCUT2D eigenvalue weighted by atomic mass is 79.9. The number of nitrogens with zero attached hydrogens (tertiary/aromatic N) is 1. The Bertz CT molecular complexity index is 511. The monoisotopic (exact) mass is 311 g/mol. The van der Waals surface area contributed by atoms with Gasteiger partial charge in [-0.2, -0.15) is 0 Å². The summed E-state index contributed by atoms with van der Waals surface area (Å²) in [6.45, 7) is 0.661. The first kappa shape index (κ1) is 12.2. The minimum atomic E-state index is 0.389. The number of nitrogen functional groups attached to an aromatic ring is 1. The van der Waals surface area contributed by atoms with E-state index in [1.807, 2.05) is 24.3 Å². The molecule has 0 aliphatic heterocycles. The van der Waals surface area contributed by atoms with Gasteiger partial charge in [0.1, 0.15) is 11.0 Å². The molecule has 0 amide bonds. The number of benzene rings is 1. The minimum absolute atomic E-state index is 0.389. The van der Waals surface area contributed by atoms with Crippen molar-refractivity contribution < 1.29 is 0 Å². The molecule has 88 valence electrons. The second-order valence-electron chi connectivity index (χ2n) is 3.55. The van der Waals surface area contributed by atoms with Crippen LogP contribution >= 0.6 is 27.5 Å². The number of nitrogens with one attached hydrogen (secondary N) is 1. The quantitative estimate of drug-likeness (QED) is 0.850. The van der Waals surface area contributed by atoms with Crippen molar-refractivity contribution in [1.29, 1.82) is 0 Å². The van der Waals surface area contributed by atoms with Gasteiger partial charge in [0.05, 0.1) is 0 Å². The fourth-order valence-corrected chi connectivity index (χ4v) is 2.08. The third-order valence-electron chi connectivity index (χ3n) is 2.23. The maximum Gasteiger partial charge on any atom is 0.133 e. The Morgan fingerprint density at radius 1 is 1.29 bits per heavy atom. The largest absolute Gasteiger partial charge is 0.399 e. The topological polar surface area (TPSA) is 50.9 Å². The lowest BCUT2D eigenvalue weighted by Crippen LogP contribution is -2.02. The summed E-state index contributed by atoms with van der Waals surface area (Å²) < 4.78 is 1.06. The lowest BCUT2D eigenvalue weighted by molar-refractivity contribution is 1.10. The third-order valence-corrected chi connectivity index (χ3v) is 3.20. The predicted molar refractivity (Wildman–Crippen MR) is 75.1 cm³/mol. The molecule has 0 aliphatic carbocycles. The Balaban J connectivity index is 2.10. The third kappa shape index (κ3) is 3.35. The number of hydrogen-bond donors (Lipinski definition) is 2. The standard InChI is InChI=1S/C12H11BrClN3/c13-10-4-2-1-3-8(10)7-16-12-6-9(15)5-11(14)17-12/h1-6H,7H2,(H3,15,16,17). The van der Waals surface area contributed by atoms with E-state index in [0.29, 0.717) is 23.2 Å². The second-order valence-corrected chi connectivity index (χ2v) is 4.79. The molecule has 2 rings (SSSR count). The van der Waals surface area contributed by atoms with Crippen LogP contribution in [-0.4, -0.2) is 4.98 Å². The van der Waals surface area contributed by atoms with Gasteiger partial charge in [0.2, 0.25) is 0 Å². The molecular formula is C12H11BrClN3.